The van der Waals surface area contributed by atoms with Crippen molar-refractivity contribution in [1.82, 2.24) is 0 Å². The molecule has 1 saturated heterocycles. The molecule has 0 amide bonds. The molecule has 2 saturated carbocycles. The fraction of sp³-hybridized carbons (Fsp3) is 0.818. The molecular weight excluding hydrogens is 228 g/mol. The first-order chi connectivity index (χ1) is 7.53. The monoisotopic (exact) mass is 244 g/mol. The smallest absolute Gasteiger partial charge is 0.305 e. The molecule has 90 valence electrons. The Hall–Kier alpha value is -0.550. The standard InChI is InChI=1S/C11H16O4S/c1-3-9(12)14-10-6-4-7-8(5-6)16(2,13)15-11(7)10/h6-8,10-11H,2-5H2,1H3. The van der Waals surface area contributed by atoms with Crippen LogP contribution in [0, 0.1) is 11.8 Å². The van der Waals surface area contributed by atoms with E-state index >= 15 is 0 Å². The van der Waals surface area contributed by atoms with E-state index in [0.717, 1.165) is 12.8 Å². The lowest BCUT2D eigenvalue weighted by Gasteiger charge is -2.24. The molecule has 2 bridgehead atoms. The zero-order chi connectivity index (χ0) is 11.5. The molecule has 6 unspecified atom stereocenters. The lowest BCUT2D eigenvalue weighted by Crippen LogP contribution is -2.37. The molecular formula is C11H16O4S. The summed E-state index contributed by atoms with van der Waals surface area (Å²) in [7, 11) is -2.40. The molecule has 6 atom stereocenters. The summed E-state index contributed by atoms with van der Waals surface area (Å²) >= 11 is 0. The van der Waals surface area contributed by atoms with Gasteiger partial charge < -0.3 is 4.74 Å². The van der Waals surface area contributed by atoms with Crippen molar-refractivity contribution in [2.45, 2.75) is 43.6 Å². The van der Waals surface area contributed by atoms with Gasteiger partial charge in [-0.2, -0.15) is 0 Å². The van der Waals surface area contributed by atoms with E-state index in [1.54, 1.807) is 6.92 Å². The first-order valence-electron chi connectivity index (χ1n) is 5.76. The molecule has 0 spiro atoms. The molecule has 1 aliphatic heterocycles. The Bertz CT molecular complexity index is 427. The van der Waals surface area contributed by atoms with Crippen molar-refractivity contribution in [3.63, 3.8) is 0 Å². The summed E-state index contributed by atoms with van der Waals surface area (Å²) in [5, 5.41) is 0.0964. The minimum atomic E-state index is -2.40. The molecule has 16 heavy (non-hydrogen) atoms. The third kappa shape index (κ3) is 1.27. The van der Waals surface area contributed by atoms with Crippen LogP contribution in [0.4, 0.5) is 0 Å². The predicted molar refractivity (Wildman–Crippen MR) is 60.3 cm³/mol. The largest absolute Gasteiger partial charge is 0.459 e. The van der Waals surface area contributed by atoms with E-state index in [1.165, 1.54) is 0 Å². The van der Waals surface area contributed by atoms with Gasteiger partial charge in [0.05, 0.1) is 15.1 Å². The van der Waals surface area contributed by atoms with Crippen molar-refractivity contribution in [3.8, 4) is 0 Å². The highest BCUT2D eigenvalue weighted by Gasteiger charge is 2.63. The van der Waals surface area contributed by atoms with Gasteiger partial charge in [0.2, 0.25) is 0 Å². The molecule has 0 aromatic rings. The van der Waals surface area contributed by atoms with E-state index in [9.17, 15) is 9.00 Å². The Labute approximate surface area is 95.5 Å². The van der Waals surface area contributed by atoms with Crippen molar-refractivity contribution in [1.29, 1.82) is 0 Å². The van der Waals surface area contributed by atoms with E-state index in [4.69, 9.17) is 8.92 Å². The van der Waals surface area contributed by atoms with Crippen molar-refractivity contribution >= 4 is 21.6 Å². The maximum atomic E-state index is 12.1. The molecule has 2 aliphatic carbocycles. The zero-order valence-electron chi connectivity index (χ0n) is 9.26. The predicted octanol–water partition coefficient (Wildman–Crippen LogP) is 0.747. The van der Waals surface area contributed by atoms with Crippen molar-refractivity contribution in [2.75, 3.05) is 0 Å². The van der Waals surface area contributed by atoms with E-state index < -0.39 is 9.80 Å². The van der Waals surface area contributed by atoms with Crippen molar-refractivity contribution < 1.29 is 17.9 Å². The second-order valence-electron chi connectivity index (χ2n) is 4.97. The van der Waals surface area contributed by atoms with Crippen LogP contribution in [0.2, 0.25) is 0 Å². The maximum Gasteiger partial charge on any atom is 0.305 e. The van der Waals surface area contributed by atoms with E-state index in [1.807, 2.05) is 0 Å². The SMILES string of the molecule is C=S1(=O)OC2C3CC(CC31)C2OC(=O)CC. The third-order valence-corrected chi connectivity index (χ3v) is 6.10. The molecule has 0 N–H and O–H groups in total. The summed E-state index contributed by atoms with van der Waals surface area (Å²) in [6.07, 6.45) is 1.85. The van der Waals surface area contributed by atoms with Crippen molar-refractivity contribution in [3.05, 3.63) is 0 Å². The fourth-order valence-electron chi connectivity index (χ4n) is 3.39. The maximum absolute atomic E-state index is 12.1. The molecule has 0 aromatic heterocycles. The second kappa shape index (κ2) is 3.23. The number of carbonyl (C=O) groups excluding carboxylic acids is 1. The Morgan fingerprint density at radius 2 is 2.31 bits per heavy atom. The summed E-state index contributed by atoms with van der Waals surface area (Å²) in [5.74, 6) is 4.12. The average Bonchev–Trinajstić information content (AvgIpc) is 2.81. The fourth-order valence-corrected chi connectivity index (χ4v) is 5.50. The quantitative estimate of drug-likeness (QED) is 0.531. The number of rotatable bonds is 2. The average molecular weight is 244 g/mol. The molecule has 4 nitrogen and oxygen atoms in total. The van der Waals surface area contributed by atoms with Gasteiger partial charge in [-0.1, -0.05) is 6.92 Å². The van der Waals surface area contributed by atoms with Gasteiger partial charge in [0.15, 0.2) is 0 Å². The van der Waals surface area contributed by atoms with Crippen LogP contribution in [0.5, 0.6) is 0 Å². The second-order valence-corrected chi connectivity index (χ2v) is 7.09. The van der Waals surface area contributed by atoms with Crippen LogP contribution in [0.25, 0.3) is 0 Å². The summed E-state index contributed by atoms with van der Waals surface area (Å²) in [6.45, 7) is 1.78. The number of carbonyl (C=O) groups is 1. The topological polar surface area (TPSA) is 52.6 Å². The minimum Gasteiger partial charge on any atom is -0.459 e. The summed E-state index contributed by atoms with van der Waals surface area (Å²) in [5.41, 5.74) is 0. The van der Waals surface area contributed by atoms with Gasteiger partial charge in [0.1, 0.15) is 12.2 Å². The Kier molecular flexibility index (Phi) is 2.14. The van der Waals surface area contributed by atoms with Crippen LogP contribution in [0.1, 0.15) is 26.2 Å². The van der Waals surface area contributed by atoms with Crippen LogP contribution in [0.3, 0.4) is 0 Å². The highest BCUT2D eigenvalue weighted by molar-refractivity contribution is 7.96. The summed E-state index contributed by atoms with van der Waals surface area (Å²) in [6, 6.07) is 0. The highest BCUT2D eigenvalue weighted by Crippen LogP contribution is 2.55. The van der Waals surface area contributed by atoms with Crippen LogP contribution in [-0.4, -0.2) is 33.5 Å². The van der Waals surface area contributed by atoms with Crippen molar-refractivity contribution in [2.24, 2.45) is 11.8 Å². The number of hydrogen-bond donors (Lipinski definition) is 0. The van der Waals surface area contributed by atoms with Gasteiger partial charge in [0.25, 0.3) is 0 Å². The molecule has 5 heteroatoms. The number of hydrogen-bond acceptors (Lipinski definition) is 4. The molecule has 3 fully saturated rings. The first kappa shape index (κ1) is 10.6. The Morgan fingerprint density at radius 3 is 3.00 bits per heavy atom. The molecule has 3 aliphatic rings. The van der Waals surface area contributed by atoms with Gasteiger partial charge in [-0.15, -0.1) is 0 Å². The molecule has 3 rings (SSSR count). The summed E-state index contributed by atoms with van der Waals surface area (Å²) in [4.78, 5) is 11.3. The van der Waals surface area contributed by atoms with Gasteiger partial charge in [0, 0.05) is 18.3 Å². The molecule has 1 heterocycles. The molecule has 0 radical (unpaired) electrons. The third-order valence-electron chi connectivity index (χ3n) is 4.09. The van der Waals surface area contributed by atoms with Crippen LogP contribution in [-0.2, 0) is 23.5 Å². The summed E-state index contributed by atoms with van der Waals surface area (Å²) < 4.78 is 23.0. The van der Waals surface area contributed by atoms with Gasteiger partial charge in [-0.25, -0.2) is 4.21 Å². The van der Waals surface area contributed by atoms with Gasteiger partial charge in [-0.3, -0.25) is 8.98 Å². The first-order valence-corrected chi connectivity index (χ1v) is 7.48. The number of ether oxygens (including phenoxy) is 1. The van der Waals surface area contributed by atoms with E-state index in [2.05, 4.69) is 5.87 Å². The lowest BCUT2D eigenvalue weighted by atomic mass is 9.94. The number of fused-ring (bicyclic) bond motifs is 1. The Morgan fingerprint density at radius 1 is 1.56 bits per heavy atom. The Balaban J connectivity index is 1.84. The highest BCUT2D eigenvalue weighted by atomic mass is 32.2. The van der Waals surface area contributed by atoms with Crippen LogP contribution >= 0.6 is 0 Å². The van der Waals surface area contributed by atoms with Crippen LogP contribution < -0.4 is 0 Å². The van der Waals surface area contributed by atoms with E-state index in [0.29, 0.717) is 18.3 Å². The van der Waals surface area contributed by atoms with Gasteiger partial charge >= 0.3 is 5.97 Å². The minimum absolute atomic E-state index is 0.0964. The number of esters is 1. The van der Waals surface area contributed by atoms with Crippen LogP contribution in [0.15, 0.2) is 0 Å². The normalized spacial score (nSPS) is 53.2. The van der Waals surface area contributed by atoms with Gasteiger partial charge in [-0.05, 0) is 18.7 Å². The van der Waals surface area contributed by atoms with E-state index in [-0.39, 0.29) is 23.4 Å². The lowest BCUT2D eigenvalue weighted by molar-refractivity contribution is -0.155. The molecule has 0 aromatic carbocycles. The zero-order valence-corrected chi connectivity index (χ0v) is 10.1.